The van der Waals surface area contributed by atoms with Gasteiger partial charge in [-0.15, -0.1) is 0 Å². The fourth-order valence-corrected chi connectivity index (χ4v) is 5.79. The first-order valence-corrected chi connectivity index (χ1v) is 11.8. The molecule has 5 aliphatic rings. The molecule has 3 saturated heterocycles. The highest BCUT2D eigenvalue weighted by atomic mass is 19.1. The van der Waals surface area contributed by atoms with Gasteiger partial charge in [-0.25, -0.2) is 9.38 Å². The molecule has 10 N–H and O–H groups in total. The Hall–Kier alpha value is -3.23. The summed E-state index contributed by atoms with van der Waals surface area (Å²) in [6.07, 6.45) is -8.04. The normalized spacial score (nSPS) is 39.9. The largest absolute Gasteiger partial charge is 0.477 e. The van der Waals surface area contributed by atoms with Gasteiger partial charge in [0.05, 0.1) is 16.9 Å². The molecule has 1 aliphatic carbocycles. The van der Waals surface area contributed by atoms with E-state index in [0.29, 0.717) is 6.07 Å². The second-order valence-electron chi connectivity index (χ2n) is 9.74. The van der Waals surface area contributed by atoms with E-state index in [4.69, 9.17) is 19.9 Å². The number of halogens is 1. The summed E-state index contributed by atoms with van der Waals surface area (Å²) in [6, 6.07) is 2.65. The van der Waals surface area contributed by atoms with Crippen LogP contribution < -0.4 is 26.4 Å². The first-order chi connectivity index (χ1) is 18.3. The van der Waals surface area contributed by atoms with E-state index in [1.807, 2.05) is 0 Å². The number of aliphatic hydroxyl groups excluding tert-OH is 3. The maximum Gasteiger partial charge on any atom is 0.313 e. The summed E-state index contributed by atoms with van der Waals surface area (Å²) in [7, 11) is 0. The molecular weight excluding hydrogens is 531 g/mol. The number of hydrogen-bond donors (Lipinski definition) is 9. The Morgan fingerprint density at radius 2 is 1.97 bits per heavy atom. The number of carbonyl (C=O) groups is 1. The number of hydrogen-bond acceptors (Lipinski definition) is 15. The molecule has 4 heterocycles. The van der Waals surface area contributed by atoms with Crippen LogP contribution in [0, 0.1) is 21.8 Å². The molecular formula is C21H27FN6O11. The number of nitrogens with two attached hydrogens (primary N) is 1. The number of nitro benzene ring substituents is 1. The SMILES string of the molecule is NC1=N[C@H](O)[C@H]2[C@H]3O[C@]4(O)O[C@@H]([C@@H](O)[C@@]2(N1)[C@@H]4O)[C@]3(O)CNCCNC(=O)COc1ccc(F)cc1[N+](=O)[O-]. The number of amides is 1. The van der Waals surface area contributed by atoms with Gasteiger partial charge >= 0.3 is 11.7 Å². The molecule has 1 aromatic carbocycles. The predicted molar refractivity (Wildman–Crippen MR) is 123 cm³/mol. The van der Waals surface area contributed by atoms with E-state index in [-0.39, 0.29) is 31.3 Å². The Bertz CT molecular complexity index is 1210. The van der Waals surface area contributed by atoms with Crippen molar-refractivity contribution in [3.05, 3.63) is 34.1 Å². The second-order valence-corrected chi connectivity index (χ2v) is 9.74. The Balaban J connectivity index is 1.18. The van der Waals surface area contributed by atoms with Crippen LogP contribution in [0.2, 0.25) is 0 Å². The summed E-state index contributed by atoms with van der Waals surface area (Å²) in [6.45, 7) is -0.828. The molecule has 18 heteroatoms. The Kier molecular flexibility index (Phi) is 6.63. The van der Waals surface area contributed by atoms with E-state index >= 15 is 0 Å². The molecule has 4 fully saturated rings. The van der Waals surface area contributed by atoms with E-state index in [1.165, 1.54) is 0 Å². The third-order valence-electron chi connectivity index (χ3n) is 7.47. The molecule has 0 unspecified atom stereocenters. The molecule has 0 radical (unpaired) electrons. The fourth-order valence-electron chi connectivity index (χ4n) is 5.79. The number of aliphatic imine (C=N–C) groups is 1. The van der Waals surface area contributed by atoms with Crippen molar-refractivity contribution in [3.8, 4) is 5.75 Å². The Morgan fingerprint density at radius 3 is 2.69 bits per heavy atom. The third kappa shape index (κ3) is 4.16. The topological polar surface area (TPSA) is 264 Å². The first kappa shape index (κ1) is 27.3. The van der Waals surface area contributed by atoms with Crippen LogP contribution in [0.15, 0.2) is 23.2 Å². The average molecular weight is 558 g/mol. The van der Waals surface area contributed by atoms with Crippen LogP contribution in [0.3, 0.4) is 0 Å². The molecule has 1 amide bonds. The van der Waals surface area contributed by atoms with Gasteiger partial charge in [-0.05, 0) is 12.1 Å². The van der Waals surface area contributed by atoms with Gasteiger partial charge in [-0.3, -0.25) is 14.9 Å². The summed E-state index contributed by atoms with van der Waals surface area (Å²) >= 11 is 0. The lowest BCUT2D eigenvalue weighted by Gasteiger charge is -2.71. The molecule has 214 valence electrons. The summed E-state index contributed by atoms with van der Waals surface area (Å²) in [5.41, 5.74) is 1.22. The smallest absolute Gasteiger partial charge is 0.313 e. The number of guanidine groups is 1. The maximum absolute atomic E-state index is 13.2. The van der Waals surface area contributed by atoms with Crippen molar-refractivity contribution in [2.24, 2.45) is 16.6 Å². The zero-order chi connectivity index (χ0) is 28.3. The van der Waals surface area contributed by atoms with E-state index in [9.17, 15) is 44.8 Å². The number of nitrogens with one attached hydrogen (secondary N) is 3. The Labute approximate surface area is 218 Å². The standard InChI is InChI=1S/C21H27FN6O11/c22-8-1-2-10(9(5-8)28(35)36)37-6-11(29)25-4-3-24-7-19(33)14-12-16(31)26-18(23)27-20(12)13(30)15(19)39-21(34,38-14)17(20)32/h1-2,5,12-17,24,30-34H,3-4,6-7H2,(H,25,29)(H3,23,26,27)/t12-,13-,14-,15+,16-,17+,19+,20-,21+/m1/s1. The lowest BCUT2D eigenvalue weighted by atomic mass is 9.55. The van der Waals surface area contributed by atoms with Gasteiger partial charge in [-0.1, -0.05) is 0 Å². The van der Waals surface area contributed by atoms with Crippen LogP contribution in [-0.2, 0) is 14.3 Å². The molecule has 6 rings (SSSR count). The van der Waals surface area contributed by atoms with Crippen molar-refractivity contribution >= 4 is 17.6 Å². The van der Waals surface area contributed by atoms with E-state index in [2.05, 4.69) is 20.9 Å². The zero-order valence-electron chi connectivity index (χ0n) is 20.1. The van der Waals surface area contributed by atoms with Crippen molar-refractivity contribution in [1.82, 2.24) is 16.0 Å². The zero-order valence-corrected chi connectivity index (χ0v) is 20.1. The summed E-state index contributed by atoms with van der Waals surface area (Å²) in [5.74, 6) is -5.90. The first-order valence-electron chi connectivity index (χ1n) is 11.8. The highest BCUT2D eigenvalue weighted by molar-refractivity contribution is 5.80. The van der Waals surface area contributed by atoms with Crippen molar-refractivity contribution in [3.63, 3.8) is 0 Å². The molecule has 0 aromatic heterocycles. The lowest BCUT2D eigenvalue weighted by Crippen LogP contribution is -2.95. The van der Waals surface area contributed by atoms with Crippen molar-refractivity contribution in [2.45, 2.75) is 47.8 Å². The maximum atomic E-state index is 13.2. The van der Waals surface area contributed by atoms with Gasteiger partial charge in [0, 0.05) is 19.6 Å². The Morgan fingerprint density at radius 1 is 1.26 bits per heavy atom. The number of nitrogens with zero attached hydrogens (tertiary/aromatic N) is 2. The fraction of sp³-hybridized carbons (Fsp3) is 0.619. The molecule has 4 bridgehead atoms. The summed E-state index contributed by atoms with van der Waals surface area (Å²) in [5, 5.41) is 73.8. The van der Waals surface area contributed by atoms with Gasteiger partial charge in [0.1, 0.15) is 35.3 Å². The minimum Gasteiger partial charge on any atom is -0.477 e. The number of rotatable bonds is 9. The van der Waals surface area contributed by atoms with Gasteiger partial charge < -0.3 is 61.4 Å². The average Bonchev–Trinajstić information content (AvgIpc) is 2.86. The molecule has 4 aliphatic heterocycles. The molecule has 39 heavy (non-hydrogen) atoms. The number of nitro groups is 1. The highest BCUT2D eigenvalue weighted by Crippen LogP contribution is 2.58. The van der Waals surface area contributed by atoms with E-state index < -0.39 is 82.6 Å². The van der Waals surface area contributed by atoms with Gasteiger partial charge in [-0.2, -0.15) is 0 Å². The molecule has 17 nitrogen and oxygen atoms in total. The van der Waals surface area contributed by atoms with Crippen molar-refractivity contribution < 1.29 is 53.9 Å². The van der Waals surface area contributed by atoms with Crippen LogP contribution in [0.1, 0.15) is 0 Å². The van der Waals surface area contributed by atoms with Crippen molar-refractivity contribution in [2.75, 3.05) is 26.2 Å². The van der Waals surface area contributed by atoms with E-state index in [1.54, 1.807) is 0 Å². The monoisotopic (exact) mass is 558 g/mol. The molecule has 1 aromatic rings. The summed E-state index contributed by atoms with van der Waals surface area (Å²) < 4.78 is 29.2. The molecule has 1 saturated carbocycles. The van der Waals surface area contributed by atoms with E-state index in [0.717, 1.165) is 12.1 Å². The van der Waals surface area contributed by atoms with Crippen LogP contribution in [0.25, 0.3) is 0 Å². The second kappa shape index (κ2) is 9.45. The number of ether oxygens (including phenoxy) is 3. The van der Waals surface area contributed by atoms with Crippen molar-refractivity contribution in [1.29, 1.82) is 0 Å². The van der Waals surface area contributed by atoms with Gasteiger partial charge in [0.25, 0.3) is 5.91 Å². The minimum atomic E-state index is -2.60. The third-order valence-corrected chi connectivity index (χ3v) is 7.47. The molecule has 1 spiro atoms. The van der Waals surface area contributed by atoms with Crippen LogP contribution in [0.5, 0.6) is 5.75 Å². The minimum absolute atomic E-state index is 0.00438. The highest BCUT2D eigenvalue weighted by Gasteiger charge is 2.82. The van der Waals surface area contributed by atoms with Crippen LogP contribution in [-0.4, -0.2) is 116 Å². The van der Waals surface area contributed by atoms with Crippen LogP contribution >= 0.6 is 0 Å². The number of aliphatic hydroxyl groups is 5. The number of carbonyl (C=O) groups excluding carboxylic acids is 1. The van der Waals surface area contributed by atoms with Gasteiger partial charge in [0.2, 0.25) is 0 Å². The summed E-state index contributed by atoms with van der Waals surface area (Å²) in [4.78, 5) is 26.1. The number of benzene rings is 1. The predicted octanol–water partition coefficient (Wildman–Crippen LogP) is -4.68. The lowest BCUT2D eigenvalue weighted by molar-refractivity contribution is -0.546. The van der Waals surface area contributed by atoms with Crippen LogP contribution in [0.4, 0.5) is 10.1 Å². The van der Waals surface area contributed by atoms with Gasteiger partial charge in [0.15, 0.2) is 30.6 Å². The quantitative estimate of drug-likeness (QED) is 0.0784. The molecule has 9 atom stereocenters.